The van der Waals surface area contributed by atoms with Crippen LogP contribution in [-0.4, -0.2) is 39.8 Å². The van der Waals surface area contributed by atoms with Crippen molar-refractivity contribution < 1.29 is 9.59 Å². The summed E-state index contributed by atoms with van der Waals surface area (Å²) in [4.78, 5) is 37.3. The molecule has 1 atom stereocenters. The van der Waals surface area contributed by atoms with E-state index in [-0.39, 0.29) is 17.7 Å². The van der Waals surface area contributed by atoms with Gasteiger partial charge in [-0.3, -0.25) is 9.59 Å². The highest BCUT2D eigenvalue weighted by Gasteiger charge is 2.29. The van der Waals surface area contributed by atoms with E-state index in [9.17, 15) is 9.59 Å². The molecule has 2 aromatic carbocycles. The first kappa shape index (κ1) is 23.3. The average Bonchev–Trinajstić information content (AvgIpc) is 2.80. The van der Waals surface area contributed by atoms with Gasteiger partial charge in [-0.25, -0.2) is 9.97 Å². The van der Waals surface area contributed by atoms with E-state index in [1.165, 1.54) is 11.8 Å². The van der Waals surface area contributed by atoms with Gasteiger partial charge in [-0.05, 0) is 93.0 Å². The summed E-state index contributed by atoms with van der Waals surface area (Å²) < 4.78 is 0. The van der Waals surface area contributed by atoms with Gasteiger partial charge in [-0.15, -0.1) is 0 Å². The molecule has 2 amide bonds. The van der Waals surface area contributed by atoms with E-state index in [2.05, 4.69) is 15.3 Å². The van der Waals surface area contributed by atoms with E-state index < -0.39 is 0 Å². The van der Waals surface area contributed by atoms with Crippen molar-refractivity contribution in [3.63, 3.8) is 0 Å². The molecule has 0 spiro atoms. The van der Waals surface area contributed by atoms with Crippen LogP contribution in [0, 0.1) is 19.8 Å². The largest absolute Gasteiger partial charge is 0.338 e. The predicted molar refractivity (Wildman–Crippen MR) is 131 cm³/mol. The molecule has 0 bridgehead atoms. The number of aromatic nitrogens is 2. The molecule has 170 valence electrons. The molecule has 1 aromatic heterocycles. The number of piperidine rings is 1. The van der Waals surface area contributed by atoms with E-state index >= 15 is 0 Å². The van der Waals surface area contributed by atoms with Crippen LogP contribution >= 0.6 is 23.4 Å². The molecule has 1 unspecified atom stereocenters. The fourth-order valence-electron chi connectivity index (χ4n) is 3.85. The molecule has 1 saturated heterocycles. The van der Waals surface area contributed by atoms with Crippen LogP contribution in [0.15, 0.2) is 64.6 Å². The Bertz CT molecular complexity index is 1130. The summed E-state index contributed by atoms with van der Waals surface area (Å²) in [6.45, 7) is 4.96. The van der Waals surface area contributed by atoms with E-state index in [1.807, 2.05) is 44.2 Å². The SMILES string of the molecule is Cc1cc(C)nc(Sc2ccc(NC(=O)C3CCCN(C(=O)c4ccc(Cl)cc4)C3)cc2)n1. The molecule has 8 heteroatoms. The lowest BCUT2D eigenvalue weighted by Gasteiger charge is -2.32. The molecule has 1 aliphatic heterocycles. The Morgan fingerprint density at radius 1 is 1.03 bits per heavy atom. The molecule has 4 rings (SSSR count). The lowest BCUT2D eigenvalue weighted by molar-refractivity contribution is -0.121. The van der Waals surface area contributed by atoms with Crippen LogP contribution < -0.4 is 5.32 Å². The van der Waals surface area contributed by atoms with Crippen molar-refractivity contribution in [1.82, 2.24) is 14.9 Å². The maximum Gasteiger partial charge on any atom is 0.253 e. The highest BCUT2D eigenvalue weighted by molar-refractivity contribution is 7.99. The number of carbonyl (C=O) groups excluding carboxylic acids is 2. The second-order valence-electron chi connectivity index (χ2n) is 8.15. The highest BCUT2D eigenvalue weighted by Crippen LogP contribution is 2.27. The molecule has 0 aliphatic carbocycles. The zero-order chi connectivity index (χ0) is 23.4. The fraction of sp³-hybridized carbons (Fsp3) is 0.280. The minimum Gasteiger partial charge on any atom is -0.338 e. The Hall–Kier alpha value is -2.90. The number of carbonyl (C=O) groups is 2. The summed E-state index contributed by atoms with van der Waals surface area (Å²) in [6, 6.07) is 16.4. The van der Waals surface area contributed by atoms with Gasteiger partial charge in [0.1, 0.15) is 0 Å². The van der Waals surface area contributed by atoms with E-state index in [0.29, 0.717) is 28.8 Å². The first-order valence-corrected chi connectivity index (χ1v) is 12.0. The Balaban J connectivity index is 1.35. The van der Waals surface area contributed by atoms with E-state index in [0.717, 1.165) is 34.8 Å². The van der Waals surface area contributed by atoms with Crippen LogP contribution in [0.4, 0.5) is 5.69 Å². The Morgan fingerprint density at radius 3 is 2.36 bits per heavy atom. The zero-order valence-corrected chi connectivity index (χ0v) is 20.1. The quantitative estimate of drug-likeness (QED) is 0.495. The van der Waals surface area contributed by atoms with Crippen LogP contribution in [0.3, 0.4) is 0 Å². The third kappa shape index (κ3) is 6.12. The predicted octanol–water partition coefficient (Wildman–Crippen LogP) is 5.39. The molecule has 1 fully saturated rings. The van der Waals surface area contributed by atoms with Gasteiger partial charge in [0.05, 0.1) is 5.92 Å². The first-order valence-electron chi connectivity index (χ1n) is 10.8. The monoisotopic (exact) mass is 480 g/mol. The van der Waals surface area contributed by atoms with Gasteiger partial charge in [0.2, 0.25) is 5.91 Å². The highest BCUT2D eigenvalue weighted by atomic mass is 35.5. The molecule has 0 saturated carbocycles. The van der Waals surface area contributed by atoms with Crippen LogP contribution in [0.1, 0.15) is 34.6 Å². The number of hydrogen-bond acceptors (Lipinski definition) is 5. The molecular formula is C25H25ClN4O2S. The number of nitrogens with zero attached hydrogens (tertiary/aromatic N) is 3. The van der Waals surface area contributed by atoms with Crippen molar-refractivity contribution in [1.29, 1.82) is 0 Å². The topological polar surface area (TPSA) is 75.2 Å². The number of aryl methyl sites for hydroxylation is 2. The Kier molecular flexibility index (Phi) is 7.30. The second-order valence-corrected chi connectivity index (χ2v) is 9.62. The van der Waals surface area contributed by atoms with Gasteiger partial charge in [0, 0.05) is 45.6 Å². The summed E-state index contributed by atoms with van der Waals surface area (Å²) >= 11 is 7.41. The number of halogens is 1. The number of benzene rings is 2. The number of likely N-dealkylation sites (tertiary alicyclic amines) is 1. The van der Waals surface area contributed by atoms with Gasteiger partial charge in [0.25, 0.3) is 5.91 Å². The molecule has 33 heavy (non-hydrogen) atoms. The number of hydrogen-bond donors (Lipinski definition) is 1. The van der Waals surface area contributed by atoms with Crippen molar-refractivity contribution >= 4 is 40.9 Å². The number of rotatable bonds is 5. The maximum absolute atomic E-state index is 12.9. The summed E-state index contributed by atoms with van der Waals surface area (Å²) in [5, 5.41) is 4.29. The van der Waals surface area contributed by atoms with Crippen molar-refractivity contribution in [3.05, 3.63) is 76.6 Å². The third-order valence-electron chi connectivity index (χ3n) is 5.46. The van der Waals surface area contributed by atoms with Gasteiger partial charge in [-0.1, -0.05) is 11.6 Å². The van der Waals surface area contributed by atoms with Crippen molar-refractivity contribution in [2.24, 2.45) is 5.92 Å². The van der Waals surface area contributed by atoms with Gasteiger partial charge < -0.3 is 10.2 Å². The molecular weight excluding hydrogens is 456 g/mol. The normalized spacial score (nSPS) is 15.8. The van der Waals surface area contributed by atoms with Crippen LogP contribution in [0.5, 0.6) is 0 Å². The minimum absolute atomic E-state index is 0.0679. The molecule has 0 radical (unpaired) electrons. The van der Waals surface area contributed by atoms with Crippen LogP contribution in [0.25, 0.3) is 0 Å². The van der Waals surface area contributed by atoms with Crippen LogP contribution in [-0.2, 0) is 4.79 Å². The summed E-state index contributed by atoms with van der Waals surface area (Å²) in [6.07, 6.45) is 1.55. The van der Waals surface area contributed by atoms with E-state index in [4.69, 9.17) is 11.6 Å². The van der Waals surface area contributed by atoms with Crippen molar-refractivity contribution in [2.75, 3.05) is 18.4 Å². The van der Waals surface area contributed by atoms with Crippen molar-refractivity contribution in [2.45, 2.75) is 36.7 Å². The summed E-state index contributed by atoms with van der Waals surface area (Å²) in [7, 11) is 0. The summed E-state index contributed by atoms with van der Waals surface area (Å²) in [5.74, 6) is -0.381. The standard InChI is InChI=1S/C25H25ClN4O2S/c1-16-14-17(2)28-25(27-16)33-22-11-9-21(10-12-22)29-23(31)19-4-3-13-30(15-19)24(32)18-5-7-20(26)8-6-18/h5-12,14,19H,3-4,13,15H2,1-2H3,(H,29,31). The lowest BCUT2D eigenvalue weighted by atomic mass is 9.96. The molecule has 2 heterocycles. The molecule has 6 nitrogen and oxygen atoms in total. The maximum atomic E-state index is 12.9. The lowest BCUT2D eigenvalue weighted by Crippen LogP contribution is -2.43. The van der Waals surface area contributed by atoms with Crippen LogP contribution in [0.2, 0.25) is 5.02 Å². The van der Waals surface area contributed by atoms with Gasteiger partial charge in [0.15, 0.2) is 5.16 Å². The van der Waals surface area contributed by atoms with Gasteiger partial charge >= 0.3 is 0 Å². The van der Waals surface area contributed by atoms with E-state index in [1.54, 1.807) is 29.2 Å². The molecule has 3 aromatic rings. The molecule has 1 aliphatic rings. The zero-order valence-electron chi connectivity index (χ0n) is 18.5. The Labute approximate surface area is 202 Å². The number of amides is 2. The number of nitrogens with one attached hydrogen (secondary N) is 1. The smallest absolute Gasteiger partial charge is 0.253 e. The first-order chi connectivity index (χ1) is 15.9. The summed E-state index contributed by atoms with van der Waals surface area (Å²) in [5.41, 5.74) is 3.18. The third-order valence-corrected chi connectivity index (χ3v) is 6.59. The average molecular weight is 481 g/mol. The van der Waals surface area contributed by atoms with Gasteiger partial charge in [-0.2, -0.15) is 0 Å². The molecule has 1 N–H and O–H groups in total. The minimum atomic E-state index is -0.243. The number of anilines is 1. The Morgan fingerprint density at radius 2 is 1.70 bits per heavy atom. The fourth-order valence-corrected chi connectivity index (χ4v) is 4.83. The second kappa shape index (κ2) is 10.4. The van der Waals surface area contributed by atoms with Crippen molar-refractivity contribution in [3.8, 4) is 0 Å².